The summed E-state index contributed by atoms with van der Waals surface area (Å²) in [6.45, 7) is 3.34. The maximum atomic E-state index is 3.88. The molecule has 0 amide bonds. The Morgan fingerprint density at radius 3 is 2.96 bits per heavy atom. The molecule has 0 radical (unpaired) electrons. The van der Waals surface area contributed by atoms with Crippen LogP contribution in [0.1, 0.15) is 12.0 Å². The van der Waals surface area contributed by atoms with Crippen LogP contribution in [0.15, 0.2) is 37.1 Å². The largest absolute Gasteiger partial charge is 0.361 e. The van der Waals surface area contributed by atoms with Crippen LogP contribution in [0.2, 0.25) is 0 Å². The van der Waals surface area contributed by atoms with Crippen molar-refractivity contribution >= 4 is 10.9 Å². The van der Waals surface area contributed by atoms with E-state index in [0.717, 1.165) is 31.7 Å². The highest BCUT2D eigenvalue weighted by atomic mass is 15.2. The second kappa shape index (κ2) is 6.14. The molecule has 1 atom stereocenters. The predicted octanol–water partition coefficient (Wildman–Crippen LogP) is 1.58. The number of nitrogens with zero attached hydrogens (tertiary/aromatic N) is 4. The lowest BCUT2D eigenvalue weighted by Crippen LogP contribution is -2.34. The van der Waals surface area contributed by atoms with Crippen LogP contribution < -0.4 is 5.32 Å². The third kappa shape index (κ3) is 2.87. The van der Waals surface area contributed by atoms with Crippen LogP contribution in [-0.2, 0) is 6.42 Å². The first kappa shape index (κ1) is 14.4. The molecule has 6 nitrogen and oxygen atoms in total. The molecule has 3 heterocycles. The van der Waals surface area contributed by atoms with Gasteiger partial charge in [0.05, 0.1) is 0 Å². The number of nitrogens with one attached hydrogen (secondary N) is 2. The minimum atomic E-state index is 0.674. The maximum Gasteiger partial charge on any atom is 0.123 e. The summed E-state index contributed by atoms with van der Waals surface area (Å²) < 4.78 is 1.94. The SMILES string of the molecule is CN(CCc1c[nH]c2ccc(-n3cnnc3)cc12)C1CCNC1. The van der Waals surface area contributed by atoms with Crippen molar-refractivity contribution in [1.29, 1.82) is 0 Å². The molecule has 1 unspecified atom stereocenters. The highest BCUT2D eigenvalue weighted by Crippen LogP contribution is 2.22. The van der Waals surface area contributed by atoms with Crippen LogP contribution in [0.5, 0.6) is 0 Å². The van der Waals surface area contributed by atoms with Gasteiger partial charge in [0.15, 0.2) is 0 Å². The molecule has 120 valence electrons. The van der Waals surface area contributed by atoms with Crippen LogP contribution in [0.3, 0.4) is 0 Å². The highest BCUT2D eigenvalue weighted by Gasteiger charge is 2.19. The van der Waals surface area contributed by atoms with Gasteiger partial charge in [-0.15, -0.1) is 10.2 Å². The Morgan fingerprint density at radius 2 is 2.17 bits per heavy atom. The molecule has 1 aromatic carbocycles. The van der Waals surface area contributed by atoms with E-state index in [-0.39, 0.29) is 0 Å². The minimum absolute atomic E-state index is 0.674. The Kier molecular flexibility index (Phi) is 3.85. The molecule has 0 saturated carbocycles. The summed E-state index contributed by atoms with van der Waals surface area (Å²) in [7, 11) is 2.23. The van der Waals surface area contributed by atoms with Crippen LogP contribution in [0, 0.1) is 0 Å². The summed E-state index contributed by atoms with van der Waals surface area (Å²) in [5.74, 6) is 0. The molecule has 0 bridgehead atoms. The molecule has 6 heteroatoms. The summed E-state index contributed by atoms with van der Waals surface area (Å²) >= 11 is 0. The smallest absolute Gasteiger partial charge is 0.123 e. The molecule has 3 aromatic rings. The zero-order valence-corrected chi connectivity index (χ0v) is 13.4. The lowest BCUT2D eigenvalue weighted by Gasteiger charge is -2.23. The number of H-pyrrole nitrogens is 1. The van der Waals surface area contributed by atoms with Gasteiger partial charge in [0, 0.05) is 41.9 Å². The number of likely N-dealkylation sites (N-methyl/N-ethyl adjacent to an activating group) is 1. The van der Waals surface area contributed by atoms with E-state index in [9.17, 15) is 0 Å². The van der Waals surface area contributed by atoms with Gasteiger partial charge in [0.25, 0.3) is 0 Å². The average Bonchev–Trinajstić information content (AvgIpc) is 3.33. The topological polar surface area (TPSA) is 61.8 Å². The number of benzene rings is 1. The first-order valence-corrected chi connectivity index (χ1v) is 8.17. The van der Waals surface area contributed by atoms with Gasteiger partial charge >= 0.3 is 0 Å². The molecule has 23 heavy (non-hydrogen) atoms. The van der Waals surface area contributed by atoms with E-state index in [1.54, 1.807) is 12.7 Å². The Hall–Kier alpha value is -2.18. The minimum Gasteiger partial charge on any atom is -0.361 e. The van der Waals surface area contributed by atoms with Gasteiger partial charge in [-0.1, -0.05) is 0 Å². The van der Waals surface area contributed by atoms with Crippen molar-refractivity contribution in [2.24, 2.45) is 0 Å². The number of fused-ring (bicyclic) bond motifs is 1. The van der Waals surface area contributed by atoms with E-state index < -0.39 is 0 Å². The van der Waals surface area contributed by atoms with Gasteiger partial charge in [-0.2, -0.15) is 0 Å². The fourth-order valence-corrected chi connectivity index (χ4v) is 3.36. The summed E-state index contributed by atoms with van der Waals surface area (Å²) in [4.78, 5) is 5.86. The monoisotopic (exact) mass is 310 g/mol. The Morgan fingerprint density at radius 1 is 1.30 bits per heavy atom. The van der Waals surface area contributed by atoms with Crippen molar-refractivity contribution in [1.82, 2.24) is 30.0 Å². The van der Waals surface area contributed by atoms with Crippen LogP contribution >= 0.6 is 0 Å². The van der Waals surface area contributed by atoms with E-state index in [1.165, 1.54) is 22.9 Å². The lowest BCUT2D eigenvalue weighted by molar-refractivity contribution is 0.260. The number of hydrogen-bond acceptors (Lipinski definition) is 4. The van der Waals surface area contributed by atoms with Gasteiger partial charge < -0.3 is 15.2 Å². The molecule has 1 fully saturated rings. The molecular formula is C17H22N6. The Labute approximate surface area is 135 Å². The fraction of sp³-hybridized carbons (Fsp3) is 0.412. The summed E-state index contributed by atoms with van der Waals surface area (Å²) in [6.07, 6.45) is 7.91. The maximum absolute atomic E-state index is 3.88. The zero-order chi connectivity index (χ0) is 15.6. The number of aromatic amines is 1. The first-order chi connectivity index (χ1) is 11.3. The van der Waals surface area contributed by atoms with Gasteiger partial charge in [-0.05, 0) is 50.2 Å². The molecular weight excluding hydrogens is 288 g/mol. The highest BCUT2D eigenvalue weighted by molar-refractivity contribution is 5.85. The molecule has 1 saturated heterocycles. The normalized spacial score (nSPS) is 18.3. The van der Waals surface area contributed by atoms with Gasteiger partial charge in [-0.25, -0.2) is 0 Å². The van der Waals surface area contributed by atoms with E-state index in [0.29, 0.717) is 6.04 Å². The van der Waals surface area contributed by atoms with Crippen molar-refractivity contribution in [3.05, 3.63) is 42.6 Å². The fourth-order valence-electron chi connectivity index (χ4n) is 3.36. The zero-order valence-electron chi connectivity index (χ0n) is 13.4. The van der Waals surface area contributed by atoms with E-state index in [1.807, 2.05) is 4.57 Å². The summed E-state index contributed by atoms with van der Waals surface area (Å²) in [5.41, 5.74) is 3.64. The third-order valence-corrected chi connectivity index (χ3v) is 4.86. The molecule has 0 spiro atoms. The Balaban J connectivity index is 1.54. The molecule has 1 aliphatic heterocycles. The van der Waals surface area contributed by atoms with E-state index >= 15 is 0 Å². The molecule has 4 rings (SSSR count). The molecule has 2 N–H and O–H groups in total. The lowest BCUT2D eigenvalue weighted by atomic mass is 10.1. The van der Waals surface area contributed by atoms with Crippen LogP contribution in [-0.4, -0.2) is 57.4 Å². The van der Waals surface area contributed by atoms with Crippen molar-refractivity contribution in [3.63, 3.8) is 0 Å². The van der Waals surface area contributed by atoms with E-state index in [2.05, 4.69) is 56.8 Å². The summed E-state index contributed by atoms with van der Waals surface area (Å²) in [5, 5.41) is 12.5. The third-order valence-electron chi connectivity index (χ3n) is 4.86. The van der Waals surface area contributed by atoms with E-state index in [4.69, 9.17) is 0 Å². The summed E-state index contributed by atoms with van der Waals surface area (Å²) in [6, 6.07) is 7.09. The second-order valence-electron chi connectivity index (χ2n) is 6.29. The van der Waals surface area contributed by atoms with Gasteiger partial charge in [0.1, 0.15) is 12.7 Å². The second-order valence-corrected chi connectivity index (χ2v) is 6.29. The van der Waals surface area contributed by atoms with Gasteiger partial charge in [0.2, 0.25) is 0 Å². The Bertz CT molecular complexity index is 770. The predicted molar refractivity (Wildman–Crippen MR) is 90.8 cm³/mol. The number of rotatable bonds is 5. The number of hydrogen-bond donors (Lipinski definition) is 2. The average molecular weight is 310 g/mol. The van der Waals surface area contributed by atoms with Crippen molar-refractivity contribution in [2.45, 2.75) is 18.9 Å². The quantitative estimate of drug-likeness (QED) is 0.751. The van der Waals surface area contributed by atoms with Gasteiger partial charge in [-0.3, -0.25) is 4.57 Å². The molecule has 0 aliphatic carbocycles. The van der Waals surface area contributed by atoms with Crippen LogP contribution in [0.4, 0.5) is 0 Å². The van der Waals surface area contributed by atoms with Crippen LogP contribution in [0.25, 0.3) is 16.6 Å². The number of aromatic nitrogens is 4. The van der Waals surface area contributed by atoms with Crippen molar-refractivity contribution < 1.29 is 0 Å². The standard InChI is InChI=1S/C17H22N6/c1-22(15-4-6-18-10-15)7-5-13-9-19-17-3-2-14(8-16(13)17)23-11-20-21-12-23/h2-3,8-9,11-12,15,18-19H,4-7,10H2,1H3. The van der Waals surface area contributed by atoms with Crippen molar-refractivity contribution in [3.8, 4) is 5.69 Å². The molecule has 2 aromatic heterocycles. The molecule has 1 aliphatic rings. The van der Waals surface area contributed by atoms with Crippen molar-refractivity contribution in [2.75, 3.05) is 26.7 Å². The first-order valence-electron chi connectivity index (χ1n) is 8.17.